The van der Waals surface area contributed by atoms with Crippen LogP contribution in [0.1, 0.15) is 44.6 Å². The highest BCUT2D eigenvalue weighted by Gasteiger charge is 2.45. The van der Waals surface area contributed by atoms with Crippen molar-refractivity contribution in [1.29, 1.82) is 0 Å². The van der Waals surface area contributed by atoms with Gasteiger partial charge in [-0.2, -0.15) is 15.4 Å². The average Bonchev–Trinajstić information content (AvgIpc) is 3.13. The van der Waals surface area contributed by atoms with Gasteiger partial charge in [0.1, 0.15) is 17.1 Å². The Morgan fingerprint density at radius 3 is 2.60 bits per heavy atom. The Balaban J connectivity index is 1.30. The minimum atomic E-state index is -2.68. The molecule has 9 nitrogen and oxygen atoms in total. The lowest BCUT2D eigenvalue weighted by Crippen LogP contribution is -2.45. The van der Waals surface area contributed by atoms with E-state index in [-0.39, 0.29) is 34.4 Å². The third kappa shape index (κ3) is 3.27. The highest BCUT2D eigenvalue weighted by Crippen LogP contribution is 2.53. The summed E-state index contributed by atoms with van der Waals surface area (Å²) in [5.41, 5.74) is 0.926. The van der Waals surface area contributed by atoms with E-state index in [1.54, 1.807) is 6.92 Å². The third-order valence-electron chi connectivity index (χ3n) is 6.20. The zero-order chi connectivity index (χ0) is 20.9. The maximum atomic E-state index is 13.2. The molecule has 3 heterocycles. The van der Waals surface area contributed by atoms with E-state index in [2.05, 4.69) is 30.9 Å². The van der Waals surface area contributed by atoms with E-state index >= 15 is 0 Å². The van der Waals surface area contributed by atoms with Crippen LogP contribution in [0.2, 0.25) is 0 Å². The summed E-state index contributed by atoms with van der Waals surface area (Å²) in [6.45, 7) is 3.31. The first-order valence-corrected chi connectivity index (χ1v) is 9.96. The highest BCUT2D eigenvalue weighted by molar-refractivity contribution is 5.91. The minimum Gasteiger partial charge on any atom is -0.403 e. The molecular weight excluding hydrogens is 396 g/mol. The van der Waals surface area contributed by atoms with E-state index in [4.69, 9.17) is 4.42 Å². The van der Waals surface area contributed by atoms with Gasteiger partial charge in [-0.1, -0.05) is 11.2 Å². The van der Waals surface area contributed by atoms with E-state index in [9.17, 15) is 13.6 Å². The molecule has 1 aromatic carbocycles. The molecule has 1 spiro atoms. The Labute approximate surface area is 170 Å². The Hall–Kier alpha value is -3.11. The molecule has 5 rings (SSSR count). The van der Waals surface area contributed by atoms with E-state index < -0.39 is 12.5 Å². The first kappa shape index (κ1) is 18.9. The van der Waals surface area contributed by atoms with Gasteiger partial charge in [-0.15, -0.1) is 5.10 Å². The topological polar surface area (TPSA) is 113 Å². The molecule has 1 amide bonds. The van der Waals surface area contributed by atoms with Gasteiger partial charge in [0.2, 0.25) is 5.91 Å². The maximum Gasteiger partial charge on any atom is 0.316 e. The van der Waals surface area contributed by atoms with Crippen LogP contribution in [0.3, 0.4) is 0 Å². The maximum absolute atomic E-state index is 13.2. The number of aromatic amines is 1. The van der Waals surface area contributed by atoms with Crippen LogP contribution < -0.4 is 5.32 Å². The van der Waals surface area contributed by atoms with Crippen LogP contribution in [0.5, 0.6) is 0 Å². The number of piperidine rings is 1. The lowest BCUT2D eigenvalue weighted by atomic mass is 9.93. The van der Waals surface area contributed by atoms with Crippen LogP contribution >= 0.6 is 0 Å². The zero-order valence-electron chi connectivity index (χ0n) is 16.4. The van der Waals surface area contributed by atoms with E-state index in [1.807, 2.05) is 4.90 Å². The summed E-state index contributed by atoms with van der Waals surface area (Å²) in [6.07, 6.45) is 2.02. The second-order valence-corrected chi connectivity index (χ2v) is 8.13. The van der Waals surface area contributed by atoms with Crippen LogP contribution in [0, 0.1) is 5.41 Å². The molecule has 30 heavy (non-hydrogen) atoms. The van der Waals surface area contributed by atoms with E-state index in [0.29, 0.717) is 11.0 Å². The number of likely N-dealkylation sites (tertiary alicyclic amines) is 1. The number of hydrogen-bond donors (Lipinski definition) is 2. The van der Waals surface area contributed by atoms with Gasteiger partial charge in [-0.3, -0.25) is 4.79 Å². The number of amides is 1. The monoisotopic (exact) mass is 417 g/mol. The molecule has 158 valence electrons. The average molecular weight is 417 g/mol. The normalized spacial score (nSPS) is 18.9. The molecule has 1 saturated heterocycles. The van der Waals surface area contributed by atoms with Crippen molar-refractivity contribution >= 4 is 23.0 Å². The second kappa shape index (κ2) is 6.99. The molecule has 1 atom stereocenters. The van der Waals surface area contributed by atoms with Crippen LogP contribution in [0.15, 0.2) is 16.5 Å². The minimum absolute atomic E-state index is 0.00886. The molecule has 3 aromatic rings. The molecule has 2 fully saturated rings. The number of halogens is 2. The fraction of sp³-hybridized carbons (Fsp3) is 0.526. The van der Waals surface area contributed by atoms with Crippen molar-refractivity contribution in [1.82, 2.24) is 30.5 Å². The number of fused-ring (bicyclic) bond motifs is 1. The van der Waals surface area contributed by atoms with Gasteiger partial charge >= 0.3 is 6.01 Å². The zero-order valence-corrected chi connectivity index (χ0v) is 16.4. The number of alkyl halides is 2. The summed E-state index contributed by atoms with van der Waals surface area (Å²) in [7, 11) is 0. The Morgan fingerprint density at radius 1 is 1.17 bits per heavy atom. The van der Waals surface area contributed by atoms with Crippen molar-refractivity contribution in [3.8, 4) is 11.5 Å². The van der Waals surface area contributed by atoms with Gasteiger partial charge in [0, 0.05) is 18.7 Å². The summed E-state index contributed by atoms with van der Waals surface area (Å²) in [5, 5.41) is 20.9. The summed E-state index contributed by atoms with van der Waals surface area (Å²) < 4.78 is 31.9. The van der Waals surface area contributed by atoms with Gasteiger partial charge in [0.05, 0.1) is 5.56 Å². The standard InChI is InChI=1S/C19H21F2N7O2/c1-10(17(29)28-8-6-19(4-5-19)7-9-28)22-18-26-25-16(30-18)12-3-2-11(15(20)21)13-14(12)24-27-23-13/h2-3,10,15H,4-9H2,1H3,(H,22,26)(H,23,24,27)/t10-/m0/s1. The van der Waals surface area contributed by atoms with Crippen molar-refractivity contribution in [2.75, 3.05) is 18.4 Å². The van der Waals surface area contributed by atoms with Crippen LogP contribution in [0.4, 0.5) is 14.8 Å². The highest BCUT2D eigenvalue weighted by atomic mass is 19.3. The number of aromatic nitrogens is 5. The first-order chi connectivity index (χ1) is 14.5. The Bertz CT molecular complexity index is 1080. The van der Waals surface area contributed by atoms with Crippen molar-refractivity contribution in [3.05, 3.63) is 17.7 Å². The predicted octanol–water partition coefficient (Wildman–Crippen LogP) is 3.15. The van der Waals surface area contributed by atoms with E-state index in [1.165, 1.54) is 25.0 Å². The van der Waals surface area contributed by atoms with Crippen molar-refractivity contribution in [3.63, 3.8) is 0 Å². The molecular formula is C19H21F2N7O2. The molecule has 0 radical (unpaired) electrons. The number of carbonyl (C=O) groups is 1. The molecule has 0 bridgehead atoms. The number of H-pyrrole nitrogens is 1. The largest absolute Gasteiger partial charge is 0.403 e. The molecule has 2 N–H and O–H groups in total. The van der Waals surface area contributed by atoms with Crippen LogP contribution in [-0.4, -0.2) is 55.5 Å². The van der Waals surface area contributed by atoms with Gasteiger partial charge in [0.15, 0.2) is 0 Å². The van der Waals surface area contributed by atoms with Crippen molar-refractivity contribution in [2.45, 2.75) is 45.1 Å². The number of rotatable bonds is 5. The summed E-state index contributed by atoms with van der Waals surface area (Å²) in [5.74, 6) is 0.0935. The third-order valence-corrected chi connectivity index (χ3v) is 6.20. The number of anilines is 1. The Kier molecular flexibility index (Phi) is 4.40. The molecule has 1 aliphatic carbocycles. The van der Waals surface area contributed by atoms with Crippen molar-refractivity contribution in [2.24, 2.45) is 5.41 Å². The quantitative estimate of drug-likeness (QED) is 0.656. The van der Waals surface area contributed by atoms with E-state index in [0.717, 1.165) is 25.9 Å². The fourth-order valence-corrected chi connectivity index (χ4v) is 4.09. The summed E-state index contributed by atoms with van der Waals surface area (Å²) in [4.78, 5) is 14.6. The van der Waals surface area contributed by atoms with Crippen LogP contribution in [-0.2, 0) is 4.79 Å². The molecule has 2 aromatic heterocycles. The number of carbonyl (C=O) groups excluding carboxylic acids is 1. The predicted molar refractivity (Wildman–Crippen MR) is 103 cm³/mol. The fourth-order valence-electron chi connectivity index (χ4n) is 4.09. The number of nitrogens with zero attached hydrogens (tertiary/aromatic N) is 5. The second-order valence-electron chi connectivity index (χ2n) is 8.13. The summed E-state index contributed by atoms with van der Waals surface area (Å²) in [6, 6.07) is 2.26. The number of nitrogens with one attached hydrogen (secondary N) is 2. The molecule has 11 heteroatoms. The van der Waals surface area contributed by atoms with Crippen LogP contribution in [0.25, 0.3) is 22.5 Å². The SMILES string of the molecule is C[C@H](Nc1nnc(-c2ccc(C(F)F)c3n[nH]nc23)o1)C(=O)N1CCC2(CC1)CC2. The van der Waals surface area contributed by atoms with Gasteiger partial charge in [-0.25, -0.2) is 8.78 Å². The number of hydrogen-bond acceptors (Lipinski definition) is 7. The lowest BCUT2D eigenvalue weighted by molar-refractivity contribution is -0.133. The van der Waals surface area contributed by atoms with Gasteiger partial charge in [0.25, 0.3) is 12.3 Å². The molecule has 2 aliphatic rings. The molecule has 1 saturated carbocycles. The lowest BCUT2D eigenvalue weighted by Gasteiger charge is -2.33. The molecule has 1 aliphatic heterocycles. The van der Waals surface area contributed by atoms with Gasteiger partial charge < -0.3 is 14.6 Å². The first-order valence-electron chi connectivity index (χ1n) is 9.96. The summed E-state index contributed by atoms with van der Waals surface area (Å²) >= 11 is 0. The molecule has 0 unspecified atom stereocenters. The Morgan fingerprint density at radius 2 is 1.90 bits per heavy atom. The number of benzene rings is 1. The van der Waals surface area contributed by atoms with Crippen molar-refractivity contribution < 1.29 is 18.0 Å². The van der Waals surface area contributed by atoms with Gasteiger partial charge in [-0.05, 0) is 44.1 Å². The smallest absolute Gasteiger partial charge is 0.316 e.